The van der Waals surface area contributed by atoms with Crippen LogP contribution < -0.4 is 5.32 Å². The minimum Gasteiger partial charge on any atom is -0.468 e. The Labute approximate surface area is 117 Å². The smallest absolute Gasteiger partial charge is 0.293 e. The summed E-state index contributed by atoms with van der Waals surface area (Å²) < 4.78 is 4.15. The molecule has 0 unspecified atom stereocenters. The first-order chi connectivity index (χ1) is 9.08. The zero-order chi connectivity index (χ0) is 14.3. The predicted octanol–water partition coefficient (Wildman–Crippen LogP) is 3.26. The highest BCUT2D eigenvalue weighted by Gasteiger charge is 2.12. The van der Waals surface area contributed by atoms with Crippen LogP contribution >= 0.6 is 11.6 Å². The minimum absolute atomic E-state index is 0.00497. The quantitative estimate of drug-likeness (QED) is 0.847. The fraction of sp³-hybridized carbons (Fsp3) is 0.286. The average molecular weight is 282 g/mol. The number of halogens is 1. The summed E-state index contributed by atoms with van der Waals surface area (Å²) in [6.45, 7) is 4.66. The lowest BCUT2D eigenvalue weighted by Gasteiger charge is -2.07. The molecular formula is C14H16ClNO3. The second-order valence-electron chi connectivity index (χ2n) is 3.88. The third-order valence-electron chi connectivity index (χ3n) is 2.51. The number of rotatable bonds is 2. The fourth-order valence-corrected chi connectivity index (χ4v) is 1.76. The van der Waals surface area contributed by atoms with Gasteiger partial charge in [-0.1, -0.05) is 23.7 Å². The summed E-state index contributed by atoms with van der Waals surface area (Å²) in [7, 11) is 0. The number of allylic oxidation sites excluding steroid dienone is 1. The van der Waals surface area contributed by atoms with Crippen molar-refractivity contribution >= 4 is 35.2 Å². The molecule has 1 heterocycles. The van der Waals surface area contributed by atoms with Crippen LogP contribution in [-0.4, -0.2) is 19.0 Å². The molecule has 1 aromatic rings. The molecule has 4 nitrogen and oxygen atoms in total. The lowest BCUT2D eigenvalue weighted by Crippen LogP contribution is -2.09. The van der Waals surface area contributed by atoms with Crippen molar-refractivity contribution < 1.29 is 14.3 Å². The van der Waals surface area contributed by atoms with Gasteiger partial charge in [-0.3, -0.25) is 9.59 Å². The SMILES string of the molecule is CC1=CCC(=O)Nc2cc(Cl)ccc21.CCOC=O. The van der Waals surface area contributed by atoms with Crippen molar-refractivity contribution in [1.82, 2.24) is 0 Å². The maximum atomic E-state index is 11.3. The summed E-state index contributed by atoms with van der Waals surface area (Å²) in [5.74, 6) is 0.00497. The van der Waals surface area contributed by atoms with Gasteiger partial charge >= 0.3 is 0 Å². The summed E-state index contributed by atoms with van der Waals surface area (Å²) in [4.78, 5) is 20.5. The molecule has 0 bridgehead atoms. The number of hydrogen-bond acceptors (Lipinski definition) is 3. The average Bonchev–Trinajstić information content (AvgIpc) is 2.50. The number of hydrogen-bond donors (Lipinski definition) is 1. The van der Waals surface area contributed by atoms with E-state index in [0.29, 0.717) is 24.5 Å². The third kappa shape index (κ3) is 4.75. The van der Waals surface area contributed by atoms with Gasteiger partial charge in [-0.05, 0) is 31.6 Å². The van der Waals surface area contributed by atoms with Gasteiger partial charge in [-0.2, -0.15) is 0 Å². The van der Waals surface area contributed by atoms with Crippen LogP contribution in [0.25, 0.3) is 5.57 Å². The van der Waals surface area contributed by atoms with Crippen molar-refractivity contribution in [3.8, 4) is 0 Å². The summed E-state index contributed by atoms with van der Waals surface area (Å²) in [5, 5.41) is 3.46. The molecular weight excluding hydrogens is 266 g/mol. The van der Waals surface area contributed by atoms with Crippen molar-refractivity contribution in [3.63, 3.8) is 0 Å². The van der Waals surface area contributed by atoms with Crippen molar-refractivity contribution in [2.45, 2.75) is 20.3 Å². The minimum atomic E-state index is 0.00497. The number of benzene rings is 1. The summed E-state index contributed by atoms with van der Waals surface area (Å²) in [6.07, 6.45) is 2.35. The van der Waals surface area contributed by atoms with Crippen LogP contribution in [0.15, 0.2) is 24.3 Å². The molecule has 1 N–H and O–H groups in total. The van der Waals surface area contributed by atoms with Crippen LogP contribution in [0.2, 0.25) is 5.02 Å². The van der Waals surface area contributed by atoms with Gasteiger partial charge in [-0.15, -0.1) is 0 Å². The summed E-state index contributed by atoms with van der Waals surface area (Å²) in [5.41, 5.74) is 2.95. The Kier molecular flexibility index (Phi) is 6.09. The number of carbonyl (C=O) groups is 2. The van der Waals surface area contributed by atoms with Gasteiger partial charge in [0.25, 0.3) is 6.47 Å². The van der Waals surface area contributed by atoms with Crippen LogP contribution in [0.4, 0.5) is 5.69 Å². The molecule has 102 valence electrons. The number of ether oxygens (including phenoxy) is 1. The molecule has 0 aliphatic carbocycles. The van der Waals surface area contributed by atoms with Crippen LogP contribution in [0.1, 0.15) is 25.8 Å². The Balaban J connectivity index is 0.000000312. The van der Waals surface area contributed by atoms with Crippen molar-refractivity contribution in [2.24, 2.45) is 0 Å². The van der Waals surface area contributed by atoms with E-state index < -0.39 is 0 Å². The van der Waals surface area contributed by atoms with Gasteiger partial charge in [0.1, 0.15) is 0 Å². The van der Waals surface area contributed by atoms with Gasteiger partial charge in [0.15, 0.2) is 0 Å². The zero-order valence-corrected chi connectivity index (χ0v) is 11.7. The molecule has 19 heavy (non-hydrogen) atoms. The summed E-state index contributed by atoms with van der Waals surface area (Å²) >= 11 is 5.85. The Morgan fingerprint density at radius 1 is 1.47 bits per heavy atom. The van der Waals surface area contributed by atoms with E-state index in [0.717, 1.165) is 16.8 Å². The van der Waals surface area contributed by atoms with Gasteiger partial charge in [0.2, 0.25) is 5.91 Å². The Bertz CT molecular complexity index is 497. The third-order valence-corrected chi connectivity index (χ3v) is 2.74. The molecule has 5 heteroatoms. The lowest BCUT2D eigenvalue weighted by atomic mass is 10.1. The molecule has 0 fully saturated rings. The maximum absolute atomic E-state index is 11.3. The number of amides is 1. The van der Waals surface area contributed by atoms with Crippen LogP contribution in [0, 0.1) is 0 Å². The van der Waals surface area contributed by atoms with Crippen molar-refractivity contribution in [3.05, 3.63) is 34.9 Å². The van der Waals surface area contributed by atoms with E-state index in [1.807, 2.05) is 25.1 Å². The van der Waals surface area contributed by atoms with Gasteiger partial charge in [0.05, 0.1) is 6.61 Å². The van der Waals surface area contributed by atoms with E-state index in [4.69, 9.17) is 11.6 Å². The van der Waals surface area contributed by atoms with Gasteiger partial charge < -0.3 is 10.1 Å². The van der Waals surface area contributed by atoms with E-state index in [-0.39, 0.29) is 5.91 Å². The molecule has 2 rings (SSSR count). The maximum Gasteiger partial charge on any atom is 0.293 e. The molecule has 0 atom stereocenters. The number of anilines is 1. The molecule has 0 saturated heterocycles. The monoisotopic (exact) mass is 281 g/mol. The molecule has 1 aliphatic heterocycles. The Morgan fingerprint density at radius 2 is 2.21 bits per heavy atom. The van der Waals surface area contributed by atoms with Crippen LogP contribution in [-0.2, 0) is 14.3 Å². The van der Waals surface area contributed by atoms with Crippen molar-refractivity contribution in [1.29, 1.82) is 0 Å². The van der Waals surface area contributed by atoms with E-state index >= 15 is 0 Å². The predicted molar refractivity (Wildman–Crippen MR) is 76.0 cm³/mol. The first kappa shape index (κ1) is 15.2. The van der Waals surface area contributed by atoms with E-state index in [2.05, 4.69) is 10.1 Å². The van der Waals surface area contributed by atoms with E-state index in [1.165, 1.54) is 0 Å². The largest absolute Gasteiger partial charge is 0.468 e. The Hall–Kier alpha value is -1.81. The molecule has 1 aromatic carbocycles. The molecule has 0 spiro atoms. The molecule has 0 radical (unpaired) electrons. The first-order valence-corrected chi connectivity index (χ1v) is 6.28. The standard InChI is InChI=1S/C11H10ClNO.C3H6O2/c1-7-2-5-11(14)13-10-6-8(12)3-4-9(7)10;1-2-5-3-4/h2-4,6H,5H2,1H3,(H,13,14);3H,2H2,1H3. The highest BCUT2D eigenvalue weighted by molar-refractivity contribution is 6.31. The molecule has 1 aliphatic rings. The molecule has 0 aromatic heterocycles. The van der Waals surface area contributed by atoms with E-state index in [1.54, 1.807) is 13.0 Å². The van der Waals surface area contributed by atoms with Crippen LogP contribution in [0.3, 0.4) is 0 Å². The highest BCUT2D eigenvalue weighted by Crippen LogP contribution is 2.29. The van der Waals surface area contributed by atoms with Crippen LogP contribution in [0.5, 0.6) is 0 Å². The zero-order valence-electron chi connectivity index (χ0n) is 10.9. The van der Waals surface area contributed by atoms with Crippen molar-refractivity contribution in [2.75, 3.05) is 11.9 Å². The number of nitrogens with one attached hydrogen (secondary N) is 1. The Morgan fingerprint density at radius 3 is 2.79 bits per heavy atom. The lowest BCUT2D eigenvalue weighted by molar-refractivity contribution is -0.128. The molecule has 0 saturated carbocycles. The first-order valence-electron chi connectivity index (χ1n) is 5.90. The fourth-order valence-electron chi connectivity index (χ4n) is 1.59. The number of carbonyl (C=O) groups excluding carboxylic acids is 2. The second-order valence-corrected chi connectivity index (χ2v) is 4.32. The normalized spacial score (nSPS) is 13.0. The van der Waals surface area contributed by atoms with Gasteiger partial charge in [0, 0.05) is 22.7 Å². The molecule has 1 amide bonds. The highest BCUT2D eigenvalue weighted by atomic mass is 35.5. The van der Waals surface area contributed by atoms with E-state index in [9.17, 15) is 9.59 Å². The summed E-state index contributed by atoms with van der Waals surface area (Å²) in [6, 6.07) is 5.53. The topological polar surface area (TPSA) is 55.4 Å². The second kappa shape index (κ2) is 7.59. The van der Waals surface area contributed by atoms with Gasteiger partial charge in [-0.25, -0.2) is 0 Å². The number of fused-ring (bicyclic) bond motifs is 1.